The maximum absolute atomic E-state index is 2.60. The van der Waals surface area contributed by atoms with Crippen LogP contribution in [0.25, 0.3) is 66.1 Å². The summed E-state index contributed by atoms with van der Waals surface area (Å²) in [5.74, 6) is 0. The van der Waals surface area contributed by atoms with Gasteiger partial charge >= 0.3 is 0 Å². The largest absolute Gasteiger partial charge is 0.309 e. The van der Waals surface area contributed by atoms with E-state index in [1.165, 1.54) is 111 Å². The molecule has 0 N–H and O–H groups in total. The minimum atomic E-state index is -0.145. The molecule has 2 aliphatic rings. The molecule has 9 aromatic rings. The molecule has 9 aromatic carbocycles. The molecule has 0 fully saturated rings. The maximum Gasteiger partial charge on any atom is 0.0570 e. The Hall–Kier alpha value is -6.70. The van der Waals surface area contributed by atoms with Crippen LogP contribution in [0, 0.1) is 6.92 Å². The van der Waals surface area contributed by atoms with Gasteiger partial charge in [-0.2, -0.15) is 0 Å². The highest BCUT2D eigenvalue weighted by molar-refractivity contribution is 6.05. The van der Waals surface area contributed by atoms with Crippen LogP contribution < -0.4 is 4.90 Å². The van der Waals surface area contributed by atoms with Crippen LogP contribution in [0.2, 0.25) is 0 Å². The Morgan fingerprint density at radius 3 is 1.81 bits per heavy atom. The number of rotatable bonds is 5. The van der Waals surface area contributed by atoms with E-state index in [0.29, 0.717) is 0 Å². The van der Waals surface area contributed by atoms with E-state index < -0.39 is 0 Å². The molecular formula is C57H45N. The van der Waals surface area contributed by atoms with Crippen LogP contribution in [0.4, 0.5) is 17.1 Å². The molecule has 11 rings (SSSR count). The first kappa shape index (κ1) is 34.5. The van der Waals surface area contributed by atoms with Crippen molar-refractivity contribution in [1.29, 1.82) is 0 Å². The minimum Gasteiger partial charge on any atom is -0.309 e. The van der Waals surface area contributed by atoms with Gasteiger partial charge < -0.3 is 4.90 Å². The zero-order valence-electron chi connectivity index (χ0n) is 33.8. The normalized spacial score (nSPS) is 14.2. The van der Waals surface area contributed by atoms with Crippen LogP contribution in [-0.2, 0) is 10.8 Å². The van der Waals surface area contributed by atoms with Crippen LogP contribution in [0.1, 0.15) is 55.5 Å². The summed E-state index contributed by atoms with van der Waals surface area (Å²) in [6.07, 6.45) is 0. The lowest BCUT2D eigenvalue weighted by Gasteiger charge is -2.33. The van der Waals surface area contributed by atoms with E-state index in [4.69, 9.17) is 0 Å². The number of hydrogen-bond acceptors (Lipinski definition) is 1. The molecule has 0 amide bonds. The van der Waals surface area contributed by atoms with E-state index >= 15 is 0 Å². The molecule has 0 spiro atoms. The fourth-order valence-electron chi connectivity index (χ4n) is 10.4. The van der Waals surface area contributed by atoms with Gasteiger partial charge in [-0.1, -0.05) is 173 Å². The SMILES string of the molecule is Cc1cc(-c2ccc3ccccc3c2)cc(-c2cccc3ccccc23)c1N(c1ccc2c(c1)C(C)(C)c1ccccc1-2)c1cccc2c1-c1ccccc1C2(C)C. The average molecular weight is 744 g/mol. The third-order valence-electron chi connectivity index (χ3n) is 13.3. The molecule has 0 heterocycles. The number of hydrogen-bond donors (Lipinski definition) is 0. The third-order valence-corrected chi connectivity index (χ3v) is 13.3. The summed E-state index contributed by atoms with van der Waals surface area (Å²) < 4.78 is 0. The van der Waals surface area contributed by atoms with Crippen molar-refractivity contribution < 1.29 is 0 Å². The Kier molecular flexibility index (Phi) is 7.53. The Labute approximate surface area is 341 Å². The topological polar surface area (TPSA) is 3.24 Å². The highest BCUT2D eigenvalue weighted by Crippen LogP contribution is 2.57. The molecule has 0 radical (unpaired) electrons. The minimum absolute atomic E-state index is 0.136. The Bertz CT molecular complexity index is 3140. The first-order chi connectivity index (χ1) is 28.2. The first-order valence-electron chi connectivity index (χ1n) is 20.6. The summed E-state index contributed by atoms with van der Waals surface area (Å²) in [5, 5.41) is 4.98. The van der Waals surface area contributed by atoms with Gasteiger partial charge in [-0.05, 0) is 126 Å². The van der Waals surface area contributed by atoms with Gasteiger partial charge in [0.05, 0.1) is 11.4 Å². The Balaban J connectivity index is 1.24. The maximum atomic E-state index is 2.60. The number of benzene rings is 9. The van der Waals surface area contributed by atoms with E-state index in [9.17, 15) is 0 Å². The Morgan fingerprint density at radius 2 is 0.983 bits per heavy atom. The molecule has 0 aromatic heterocycles. The van der Waals surface area contributed by atoms with E-state index in [0.717, 1.165) is 0 Å². The molecule has 0 saturated heterocycles. The van der Waals surface area contributed by atoms with E-state index in [1.54, 1.807) is 0 Å². The molecule has 0 saturated carbocycles. The quantitative estimate of drug-likeness (QED) is 0.170. The number of anilines is 3. The monoisotopic (exact) mass is 743 g/mol. The number of nitrogens with zero attached hydrogens (tertiary/aromatic N) is 1. The first-order valence-corrected chi connectivity index (χ1v) is 20.6. The van der Waals surface area contributed by atoms with Crippen molar-refractivity contribution in [2.75, 3.05) is 4.90 Å². The lowest BCUT2D eigenvalue weighted by Crippen LogP contribution is -2.18. The highest BCUT2D eigenvalue weighted by atomic mass is 15.2. The van der Waals surface area contributed by atoms with Gasteiger partial charge in [0.25, 0.3) is 0 Å². The summed E-state index contributed by atoms with van der Waals surface area (Å²) in [7, 11) is 0. The molecule has 58 heavy (non-hydrogen) atoms. The zero-order chi connectivity index (χ0) is 39.3. The van der Waals surface area contributed by atoms with Crippen LogP contribution >= 0.6 is 0 Å². The summed E-state index contributed by atoms with van der Waals surface area (Å²) in [4.78, 5) is 2.60. The van der Waals surface area contributed by atoms with Gasteiger partial charge in [-0.3, -0.25) is 0 Å². The van der Waals surface area contributed by atoms with Crippen molar-refractivity contribution in [2.45, 2.75) is 45.4 Å². The summed E-state index contributed by atoms with van der Waals surface area (Å²) in [6, 6.07) is 68.2. The predicted octanol–water partition coefficient (Wildman–Crippen LogP) is 15.7. The molecule has 0 unspecified atom stereocenters. The summed E-state index contributed by atoms with van der Waals surface area (Å²) in [5.41, 5.74) is 20.2. The molecule has 2 aliphatic carbocycles. The lowest BCUT2D eigenvalue weighted by atomic mass is 9.82. The van der Waals surface area contributed by atoms with Gasteiger partial charge in [0.1, 0.15) is 0 Å². The smallest absolute Gasteiger partial charge is 0.0570 e. The van der Waals surface area contributed by atoms with E-state index in [1.807, 2.05) is 0 Å². The van der Waals surface area contributed by atoms with Crippen LogP contribution in [0.15, 0.2) is 182 Å². The molecule has 0 bridgehead atoms. The molecule has 1 heteroatoms. The van der Waals surface area contributed by atoms with Gasteiger partial charge in [0.2, 0.25) is 0 Å². The Morgan fingerprint density at radius 1 is 0.379 bits per heavy atom. The van der Waals surface area contributed by atoms with E-state index in [2.05, 4.69) is 222 Å². The number of fused-ring (bicyclic) bond motifs is 8. The summed E-state index contributed by atoms with van der Waals surface area (Å²) >= 11 is 0. The van der Waals surface area contributed by atoms with Gasteiger partial charge in [-0.15, -0.1) is 0 Å². The third kappa shape index (κ3) is 5.02. The van der Waals surface area contributed by atoms with Gasteiger partial charge in [-0.25, -0.2) is 0 Å². The molecule has 278 valence electrons. The summed E-state index contributed by atoms with van der Waals surface area (Å²) in [6.45, 7) is 11.8. The predicted molar refractivity (Wildman–Crippen MR) is 247 cm³/mol. The van der Waals surface area contributed by atoms with Crippen LogP contribution in [0.3, 0.4) is 0 Å². The lowest BCUT2D eigenvalue weighted by molar-refractivity contribution is 0.660. The van der Waals surface area contributed by atoms with E-state index in [-0.39, 0.29) is 10.8 Å². The molecule has 1 nitrogen and oxygen atoms in total. The number of aryl methyl sites for hydroxylation is 1. The van der Waals surface area contributed by atoms with Crippen molar-refractivity contribution in [3.63, 3.8) is 0 Å². The van der Waals surface area contributed by atoms with Crippen molar-refractivity contribution in [1.82, 2.24) is 0 Å². The van der Waals surface area contributed by atoms with Crippen LogP contribution in [0.5, 0.6) is 0 Å². The van der Waals surface area contributed by atoms with Crippen LogP contribution in [-0.4, -0.2) is 0 Å². The second-order valence-corrected chi connectivity index (χ2v) is 17.4. The molecule has 0 atom stereocenters. The molecule has 0 aliphatic heterocycles. The molecular weight excluding hydrogens is 699 g/mol. The average Bonchev–Trinajstić information content (AvgIpc) is 3.63. The fraction of sp³-hybridized carbons (Fsp3) is 0.123. The second-order valence-electron chi connectivity index (χ2n) is 17.4. The van der Waals surface area contributed by atoms with Crippen molar-refractivity contribution in [3.05, 3.63) is 210 Å². The van der Waals surface area contributed by atoms with Gasteiger partial charge in [0, 0.05) is 27.6 Å². The van der Waals surface area contributed by atoms with Crippen molar-refractivity contribution in [2.24, 2.45) is 0 Å². The zero-order valence-corrected chi connectivity index (χ0v) is 33.8. The van der Waals surface area contributed by atoms with Crippen molar-refractivity contribution >= 4 is 38.6 Å². The standard InChI is InChI=1S/C57H45N/c1-36-32-41(40-29-28-37-16-6-7-18-39(37)33-40)34-48(44-23-14-19-38-17-8-9-20-43(38)44)55(36)58(42-30-31-46-45-21-10-12-24-49(45)57(4,5)52(46)35-42)53-27-15-26-51-54(53)47-22-11-13-25-50(47)56(51,2)3/h6-35H,1-5H3. The van der Waals surface area contributed by atoms with Gasteiger partial charge in [0.15, 0.2) is 0 Å². The highest BCUT2D eigenvalue weighted by Gasteiger charge is 2.40. The van der Waals surface area contributed by atoms with Crippen molar-refractivity contribution in [3.8, 4) is 44.5 Å². The second kappa shape index (κ2) is 12.7. The fourth-order valence-corrected chi connectivity index (χ4v) is 10.4.